The molecular weight excluding hydrogens is 264 g/mol. The molecule has 1 atom stereocenters. The minimum absolute atomic E-state index is 0.498. The molecule has 2 aliphatic rings. The van der Waals surface area contributed by atoms with E-state index in [1.165, 1.54) is 28.4 Å². The van der Waals surface area contributed by atoms with Gasteiger partial charge in [0, 0.05) is 23.1 Å². The van der Waals surface area contributed by atoms with Crippen LogP contribution in [0, 0.1) is 0 Å². The maximum Gasteiger partial charge on any atom is 0.0449 e. The lowest BCUT2D eigenvalue weighted by molar-refractivity contribution is 0.467. The van der Waals surface area contributed by atoms with Crippen LogP contribution in [0.5, 0.6) is 0 Å². The van der Waals surface area contributed by atoms with Crippen molar-refractivity contribution in [3.8, 4) is 0 Å². The van der Waals surface area contributed by atoms with Gasteiger partial charge in [-0.1, -0.05) is 22.0 Å². The van der Waals surface area contributed by atoms with Crippen LogP contribution < -0.4 is 10.6 Å². The Kier molecular flexibility index (Phi) is 3.01. The third kappa shape index (κ3) is 2.31. The Morgan fingerprint density at radius 3 is 3.06 bits per heavy atom. The first-order valence-electron chi connectivity index (χ1n) is 6.08. The normalized spacial score (nSPS) is 24.2. The molecule has 0 bridgehead atoms. The van der Waals surface area contributed by atoms with Gasteiger partial charge in [0.2, 0.25) is 0 Å². The highest BCUT2D eigenvalue weighted by Gasteiger charge is 2.24. The lowest BCUT2D eigenvalue weighted by atomic mass is 9.94. The minimum Gasteiger partial charge on any atom is -0.312 e. The Morgan fingerprint density at radius 1 is 1.38 bits per heavy atom. The molecule has 0 radical (unpaired) electrons. The van der Waals surface area contributed by atoms with Crippen molar-refractivity contribution in [1.82, 2.24) is 10.6 Å². The van der Waals surface area contributed by atoms with Crippen LogP contribution in [0.4, 0.5) is 0 Å². The van der Waals surface area contributed by atoms with E-state index in [0.717, 1.165) is 25.6 Å². The Labute approximate surface area is 105 Å². The Morgan fingerprint density at radius 2 is 2.25 bits per heavy atom. The SMILES string of the molecule is Brc1ccc2c(c1)CCNC2CNC1CC1. The number of halogens is 1. The average Bonchev–Trinajstić information content (AvgIpc) is 3.09. The predicted molar refractivity (Wildman–Crippen MR) is 69.6 cm³/mol. The van der Waals surface area contributed by atoms with Gasteiger partial charge in [0.15, 0.2) is 0 Å². The zero-order chi connectivity index (χ0) is 11.0. The van der Waals surface area contributed by atoms with Crippen LogP contribution in [-0.2, 0) is 6.42 Å². The summed E-state index contributed by atoms with van der Waals surface area (Å²) in [6.45, 7) is 2.17. The van der Waals surface area contributed by atoms with E-state index in [-0.39, 0.29) is 0 Å². The van der Waals surface area contributed by atoms with E-state index in [1.54, 1.807) is 0 Å². The number of rotatable bonds is 3. The van der Waals surface area contributed by atoms with Crippen LogP contribution in [-0.4, -0.2) is 19.1 Å². The predicted octanol–water partition coefficient (Wildman–Crippen LogP) is 2.39. The van der Waals surface area contributed by atoms with Crippen LogP contribution in [0.2, 0.25) is 0 Å². The van der Waals surface area contributed by atoms with Crippen molar-refractivity contribution in [3.63, 3.8) is 0 Å². The zero-order valence-electron chi connectivity index (χ0n) is 9.30. The summed E-state index contributed by atoms with van der Waals surface area (Å²) < 4.78 is 1.20. The van der Waals surface area contributed by atoms with Gasteiger partial charge in [-0.25, -0.2) is 0 Å². The van der Waals surface area contributed by atoms with Crippen LogP contribution in [0.15, 0.2) is 22.7 Å². The summed E-state index contributed by atoms with van der Waals surface area (Å²) in [6.07, 6.45) is 3.87. The molecular formula is C13H17BrN2. The second-order valence-electron chi connectivity index (χ2n) is 4.78. The minimum atomic E-state index is 0.498. The Balaban J connectivity index is 1.76. The summed E-state index contributed by atoms with van der Waals surface area (Å²) in [7, 11) is 0. The highest BCUT2D eigenvalue weighted by atomic mass is 79.9. The lowest BCUT2D eigenvalue weighted by Gasteiger charge is -2.27. The molecule has 0 amide bonds. The molecule has 1 aromatic rings. The smallest absolute Gasteiger partial charge is 0.0449 e. The summed E-state index contributed by atoms with van der Waals surface area (Å²) in [5, 5.41) is 7.21. The van der Waals surface area contributed by atoms with E-state index >= 15 is 0 Å². The molecule has 0 saturated heterocycles. The van der Waals surface area contributed by atoms with Crippen molar-refractivity contribution in [3.05, 3.63) is 33.8 Å². The lowest BCUT2D eigenvalue weighted by Crippen LogP contribution is -2.37. The molecule has 1 fully saturated rings. The Hall–Kier alpha value is -0.380. The van der Waals surface area contributed by atoms with Gasteiger partial charge >= 0.3 is 0 Å². The van der Waals surface area contributed by atoms with E-state index in [0.29, 0.717) is 6.04 Å². The van der Waals surface area contributed by atoms with Crippen LogP contribution >= 0.6 is 15.9 Å². The van der Waals surface area contributed by atoms with Crippen molar-refractivity contribution < 1.29 is 0 Å². The fourth-order valence-corrected chi connectivity index (χ4v) is 2.78. The molecule has 1 unspecified atom stereocenters. The van der Waals surface area contributed by atoms with Crippen molar-refractivity contribution in [2.45, 2.75) is 31.3 Å². The maximum atomic E-state index is 3.61. The van der Waals surface area contributed by atoms with Gasteiger partial charge in [-0.2, -0.15) is 0 Å². The molecule has 1 aromatic carbocycles. The average molecular weight is 281 g/mol. The summed E-state index contributed by atoms with van der Waals surface area (Å²) in [4.78, 5) is 0. The van der Waals surface area contributed by atoms with Crippen LogP contribution in [0.3, 0.4) is 0 Å². The standard InChI is InChI=1S/C13H17BrN2/c14-10-1-4-12-9(7-10)5-6-15-13(12)8-16-11-2-3-11/h1,4,7,11,13,15-16H,2-3,5-6,8H2. The third-order valence-electron chi connectivity index (χ3n) is 3.45. The Bertz CT molecular complexity index is 388. The van der Waals surface area contributed by atoms with Gasteiger partial charge in [0.25, 0.3) is 0 Å². The molecule has 3 rings (SSSR count). The van der Waals surface area contributed by atoms with Gasteiger partial charge in [0.05, 0.1) is 0 Å². The number of hydrogen-bond donors (Lipinski definition) is 2. The number of benzene rings is 1. The molecule has 0 aromatic heterocycles. The molecule has 1 aliphatic carbocycles. The second-order valence-corrected chi connectivity index (χ2v) is 5.70. The fraction of sp³-hybridized carbons (Fsp3) is 0.538. The van der Waals surface area contributed by atoms with Gasteiger partial charge in [-0.15, -0.1) is 0 Å². The molecule has 3 heteroatoms. The van der Waals surface area contributed by atoms with Gasteiger partial charge in [0.1, 0.15) is 0 Å². The van der Waals surface area contributed by atoms with Crippen molar-refractivity contribution >= 4 is 15.9 Å². The van der Waals surface area contributed by atoms with E-state index in [2.05, 4.69) is 44.8 Å². The van der Waals surface area contributed by atoms with Crippen molar-refractivity contribution in [2.75, 3.05) is 13.1 Å². The first-order chi connectivity index (χ1) is 7.83. The van der Waals surface area contributed by atoms with Crippen LogP contribution in [0.25, 0.3) is 0 Å². The first kappa shape index (κ1) is 10.8. The molecule has 2 nitrogen and oxygen atoms in total. The molecule has 2 N–H and O–H groups in total. The van der Waals surface area contributed by atoms with E-state index < -0.39 is 0 Å². The van der Waals surface area contributed by atoms with Gasteiger partial charge < -0.3 is 10.6 Å². The summed E-state index contributed by atoms with van der Waals surface area (Å²) in [6, 6.07) is 7.96. The van der Waals surface area contributed by atoms with E-state index in [4.69, 9.17) is 0 Å². The molecule has 1 aliphatic heterocycles. The number of nitrogens with one attached hydrogen (secondary N) is 2. The second kappa shape index (κ2) is 4.47. The molecule has 16 heavy (non-hydrogen) atoms. The molecule has 1 saturated carbocycles. The van der Waals surface area contributed by atoms with Crippen molar-refractivity contribution in [1.29, 1.82) is 0 Å². The molecule has 86 valence electrons. The molecule has 0 spiro atoms. The molecule has 1 heterocycles. The highest BCUT2D eigenvalue weighted by Crippen LogP contribution is 2.26. The van der Waals surface area contributed by atoms with Gasteiger partial charge in [-0.3, -0.25) is 0 Å². The monoisotopic (exact) mass is 280 g/mol. The van der Waals surface area contributed by atoms with E-state index in [9.17, 15) is 0 Å². The van der Waals surface area contributed by atoms with E-state index in [1.807, 2.05) is 0 Å². The topological polar surface area (TPSA) is 24.1 Å². The van der Waals surface area contributed by atoms with Crippen molar-refractivity contribution in [2.24, 2.45) is 0 Å². The highest BCUT2D eigenvalue weighted by molar-refractivity contribution is 9.10. The van der Waals surface area contributed by atoms with Crippen LogP contribution in [0.1, 0.15) is 30.0 Å². The summed E-state index contributed by atoms with van der Waals surface area (Å²) in [5.41, 5.74) is 2.97. The third-order valence-corrected chi connectivity index (χ3v) is 3.95. The fourth-order valence-electron chi connectivity index (χ4n) is 2.38. The zero-order valence-corrected chi connectivity index (χ0v) is 10.9. The summed E-state index contributed by atoms with van der Waals surface area (Å²) >= 11 is 3.55. The largest absolute Gasteiger partial charge is 0.312 e. The first-order valence-corrected chi connectivity index (χ1v) is 6.87. The maximum absolute atomic E-state index is 3.61. The summed E-state index contributed by atoms with van der Waals surface area (Å²) in [5.74, 6) is 0. The number of fused-ring (bicyclic) bond motifs is 1. The number of hydrogen-bond acceptors (Lipinski definition) is 2. The van der Waals surface area contributed by atoms with Gasteiger partial charge in [-0.05, 0) is 49.1 Å². The quantitative estimate of drug-likeness (QED) is 0.889.